The van der Waals surface area contributed by atoms with Gasteiger partial charge in [0.1, 0.15) is 6.61 Å². The minimum absolute atomic E-state index is 0.0626. The van der Waals surface area contributed by atoms with Gasteiger partial charge in [-0.2, -0.15) is 0 Å². The first-order chi connectivity index (χ1) is 16.4. The minimum atomic E-state index is -1.09. The largest absolute Gasteiger partial charge is 0.481 e. The number of fused-ring (bicyclic) bond motifs is 3. The van der Waals surface area contributed by atoms with E-state index in [2.05, 4.69) is 22.8 Å². The highest BCUT2D eigenvalue weighted by atomic mass is 16.5. The summed E-state index contributed by atoms with van der Waals surface area (Å²) in [4.78, 5) is 35.1. The van der Waals surface area contributed by atoms with Crippen LogP contribution in [0.25, 0.3) is 11.1 Å². The quantitative estimate of drug-likeness (QED) is 0.441. The number of aliphatic carboxylic acids is 1. The summed E-state index contributed by atoms with van der Waals surface area (Å²) in [5.41, 5.74) is 4.48. The molecule has 1 unspecified atom stereocenters. The van der Waals surface area contributed by atoms with E-state index in [0.717, 1.165) is 22.3 Å². The third-order valence-electron chi connectivity index (χ3n) is 6.20. The van der Waals surface area contributed by atoms with Gasteiger partial charge in [0.2, 0.25) is 5.91 Å². The average molecular weight is 469 g/mol. The summed E-state index contributed by atoms with van der Waals surface area (Å²) >= 11 is 0. The predicted molar refractivity (Wildman–Crippen MR) is 122 cm³/mol. The van der Waals surface area contributed by atoms with Crippen molar-refractivity contribution in [1.29, 1.82) is 0 Å². The number of carboxylic acids is 1. The number of carbonyl (C=O) groups is 3. The zero-order chi connectivity index (χ0) is 24.1. The van der Waals surface area contributed by atoms with Gasteiger partial charge in [-0.1, -0.05) is 48.5 Å². The van der Waals surface area contributed by atoms with Gasteiger partial charge in [0.15, 0.2) is 0 Å². The van der Waals surface area contributed by atoms with E-state index < -0.39 is 30.0 Å². The molecular weight excluding hydrogens is 440 g/mol. The van der Waals surface area contributed by atoms with Gasteiger partial charge in [0.05, 0.1) is 31.2 Å². The number of carbonyl (C=O) groups excluding carboxylic acids is 2. The van der Waals surface area contributed by atoms with E-state index in [1.165, 1.54) is 0 Å². The Kier molecular flexibility index (Phi) is 7.44. The third-order valence-corrected chi connectivity index (χ3v) is 6.20. The lowest BCUT2D eigenvalue weighted by Crippen LogP contribution is -2.38. The molecule has 0 spiro atoms. The third kappa shape index (κ3) is 5.55. The predicted octanol–water partition coefficient (Wildman–Crippen LogP) is 1.88. The second-order valence-corrected chi connectivity index (χ2v) is 8.59. The lowest BCUT2D eigenvalue weighted by molar-refractivity contribution is -0.141. The molecule has 9 nitrogen and oxygen atoms in total. The van der Waals surface area contributed by atoms with E-state index in [0.29, 0.717) is 6.42 Å². The molecule has 2 amide bonds. The molecule has 3 atom stereocenters. The molecule has 1 aliphatic carbocycles. The van der Waals surface area contributed by atoms with E-state index in [9.17, 15) is 19.5 Å². The van der Waals surface area contributed by atoms with Crippen molar-refractivity contribution in [3.63, 3.8) is 0 Å². The number of amides is 2. The number of aliphatic hydroxyl groups is 1. The molecule has 0 bridgehead atoms. The molecule has 1 saturated heterocycles. The van der Waals surface area contributed by atoms with Crippen LogP contribution in [0.15, 0.2) is 48.5 Å². The molecule has 34 heavy (non-hydrogen) atoms. The summed E-state index contributed by atoms with van der Waals surface area (Å²) in [7, 11) is 0. The molecule has 2 aromatic rings. The number of ether oxygens (including phenoxy) is 2. The Balaban J connectivity index is 1.18. The standard InChI is InChI=1S/C25H28N2O7/c28-16(10-23(29)26-12-17-9-15(13-33-17)24(30)31)11-27-25(32)34-14-22-20-7-3-1-5-18(20)19-6-2-4-8-21(19)22/h1-8,15-17,22,28H,9-14H2,(H,26,29)(H,27,32)(H,30,31)/t15-,16?,17-/m0/s1. The zero-order valence-electron chi connectivity index (χ0n) is 18.6. The molecule has 0 saturated carbocycles. The number of rotatable bonds is 9. The summed E-state index contributed by atoms with van der Waals surface area (Å²) in [6.45, 7) is 0.331. The van der Waals surface area contributed by atoms with Crippen LogP contribution >= 0.6 is 0 Å². The summed E-state index contributed by atoms with van der Waals surface area (Å²) in [6, 6.07) is 16.1. The zero-order valence-corrected chi connectivity index (χ0v) is 18.6. The molecule has 2 aliphatic rings. The number of hydrogen-bond acceptors (Lipinski definition) is 6. The van der Waals surface area contributed by atoms with Crippen LogP contribution in [-0.4, -0.2) is 66.7 Å². The van der Waals surface area contributed by atoms with Crippen LogP contribution in [0.4, 0.5) is 4.79 Å². The first-order valence-electron chi connectivity index (χ1n) is 11.3. The fourth-order valence-electron chi connectivity index (χ4n) is 4.46. The molecule has 9 heteroatoms. The molecule has 2 aromatic carbocycles. The lowest BCUT2D eigenvalue weighted by Gasteiger charge is -2.16. The molecular formula is C25H28N2O7. The smallest absolute Gasteiger partial charge is 0.407 e. The van der Waals surface area contributed by atoms with Crippen molar-refractivity contribution >= 4 is 18.0 Å². The molecule has 0 aromatic heterocycles. The summed E-state index contributed by atoms with van der Waals surface area (Å²) in [6.07, 6.45) is -1.99. The van der Waals surface area contributed by atoms with E-state index in [-0.39, 0.29) is 44.7 Å². The molecule has 1 heterocycles. The van der Waals surface area contributed by atoms with Crippen LogP contribution in [0.1, 0.15) is 29.9 Å². The normalized spacial score (nSPS) is 19.7. The van der Waals surface area contributed by atoms with Gasteiger partial charge in [-0.3, -0.25) is 9.59 Å². The van der Waals surface area contributed by atoms with Crippen molar-refractivity contribution in [3.8, 4) is 11.1 Å². The van der Waals surface area contributed by atoms with Gasteiger partial charge in [-0.05, 0) is 28.7 Å². The highest BCUT2D eigenvalue weighted by Gasteiger charge is 2.31. The highest BCUT2D eigenvalue weighted by molar-refractivity contribution is 5.79. The van der Waals surface area contributed by atoms with Gasteiger partial charge >= 0.3 is 12.1 Å². The molecule has 180 valence electrons. The van der Waals surface area contributed by atoms with Gasteiger partial charge in [0.25, 0.3) is 0 Å². The Morgan fingerprint density at radius 3 is 2.29 bits per heavy atom. The van der Waals surface area contributed by atoms with Crippen molar-refractivity contribution < 1.29 is 34.1 Å². The van der Waals surface area contributed by atoms with Crippen LogP contribution in [0, 0.1) is 5.92 Å². The fraction of sp³-hybridized carbons (Fsp3) is 0.400. The Morgan fingerprint density at radius 1 is 1.03 bits per heavy atom. The maximum atomic E-state index is 12.2. The minimum Gasteiger partial charge on any atom is -0.481 e. The van der Waals surface area contributed by atoms with Crippen molar-refractivity contribution in [3.05, 3.63) is 59.7 Å². The van der Waals surface area contributed by atoms with Crippen LogP contribution in [0.3, 0.4) is 0 Å². The van der Waals surface area contributed by atoms with E-state index in [1.807, 2.05) is 36.4 Å². The van der Waals surface area contributed by atoms with Crippen molar-refractivity contribution in [2.75, 3.05) is 26.3 Å². The van der Waals surface area contributed by atoms with Crippen LogP contribution in [0.5, 0.6) is 0 Å². The average Bonchev–Trinajstić information content (AvgIpc) is 3.43. The first-order valence-corrected chi connectivity index (χ1v) is 11.3. The van der Waals surface area contributed by atoms with E-state index >= 15 is 0 Å². The Labute approximate surface area is 197 Å². The Bertz CT molecular complexity index is 1010. The number of benzene rings is 2. The Morgan fingerprint density at radius 2 is 1.68 bits per heavy atom. The topological polar surface area (TPSA) is 134 Å². The first kappa shape index (κ1) is 23.7. The van der Waals surface area contributed by atoms with Gasteiger partial charge in [-0.15, -0.1) is 0 Å². The summed E-state index contributed by atoms with van der Waals surface area (Å²) in [5.74, 6) is -1.95. The molecule has 4 rings (SSSR count). The van der Waals surface area contributed by atoms with Gasteiger partial charge in [-0.25, -0.2) is 4.79 Å². The second kappa shape index (κ2) is 10.7. The van der Waals surface area contributed by atoms with E-state index in [4.69, 9.17) is 14.6 Å². The highest BCUT2D eigenvalue weighted by Crippen LogP contribution is 2.44. The number of aliphatic hydroxyl groups excluding tert-OH is 1. The number of nitrogens with one attached hydrogen (secondary N) is 2. The number of carboxylic acid groups (broad SMARTS) is 1. The maximum Gasteiger partial charge on any atom is 0.407 e. The molecule has 1 fully saturated rings. The number of alkyl carbamates (subject to hydrolysis) is 1. The monoisotopic (exact) mass is 468 g/mol. The van der Waals surface area contributed by atoms with Crippen molar-refractivity contribution in [2.45, 2.75) is 31.0 Å². The van der Waals surface area contributed by atoms with Crippen molar-refractivity contribution in [1.82, 2.24) is 10.6 Å². The molecule has 0 radical (unpaired) electrons. The van der Waals surface area contributed by atoms with Crippen LogP contribution < -0.4 is 10.6 Å². The van der Waals surface area contributed by atoms with Crippen LogP contribution in [-0.2, 0) is 19.1 Å². The number of hydrogen-bond donors (Lipinski definition) is 4. The second-order valence-electron chi connectivity index (χ2n) is 8.59. The Hall–Kier alpha value is -3.43. The van der Waals surface area contributed by atoms with Crippen LogP contribution in [0.2, 0.25) is 0 Å². The fourth-order valence-corrected chi connectivity index (χ4v) is 4.46. The van der Waals surface area contributed by atoms with E-state index in [1.54, 1.807) is 0 Å². The SMILES string of the molecule is O=C(CC(O)CNC(=O)OCC1c2ccccc2-c2ccccc21)NC[C@@H]1C[C@H](C(=O)O)CO1. The summed E-state index contributed by atoms with van der Waals surface area (Å²) < 4.78 is 10.8. The maximum absolute atomic E-state index is 12.2. The molecule has 4 N–H and O–H groups in total. The summed E-state index contributed by atoms with van der Waals surface area (Å²) in [5, 5.41) is 24.2. The molecule has 1 aliphatic heterocycles. The van der Waals surface area contributed by atoms with Crippen molar-refractivity contribution in [2.24, 2.45) is 5.92 Å². The van der Waals surface area contributed by atoms with Gasteiger partial charge in [0, 0.05) is 19.0 Å². The van der Waals surface area contributed by atoms with Gasteiger partial charge < -0.3 is 30.3 Å². The lowest BCUT2D eigenvalue weighted by atomic mass is 9.98.